The van der Waals surface area contributed by atoms with Crippen molar-refractivity contribution in [1.82, 2.24) is 4.98 Å². The van der Waals surface area contributed by atoms with Gasteiger partial charge >= 0.3 is 0 Å². The van der Waals surface area contributed by atoms with Crippen LogP contribution in [-0.4, -0.2) is 10.9 Å². The molecule has 0 fully saturated rings. The second-order valence-electron chi connectivity index (χ2n) is 9.80. The lowest BCUT2D eigenvalue weighted by atomic mass is 9.70. The van der Waals surface area contributed by atoms with E-state index in [-0.39, 0.29) is 11.8 Å². The number of hydrogen-bond donors (Lipinski definition) is 1. The van der Waals surface area contributed by atoms with Crippen molar-refractivity contribution in [3.63, 3.8) is 0 Å². The molecule has 2 heterocycles. The molecule has 0 unspecified atom stereocenters. The smallest absolute Gasteiger partial charge is 0.232 e. The third-order valence-corrected chi connectivity index (χ3v) is 9.07. The predicted molar refractivity (Wildman–Crippen MR) is 151 cm³/mol. The first-order chi connectivity index (χ1) is 17.4. The first-order valence-corrected chi connectivity index (χ1v) is 13.7. The maximum Gasteiger partial charge on any atom is 0.232 e. The molecule has 0 radical (unpaired) electrons. The van der Waals surface area contributed by atoms with Gasteiger partial charge in [0.1, 0.15) is 0 Å². The minimum Gasteiger partial charge on any atom is -0.301 e. The standard InChI is InChI=1S/C31H26N2OS2/c1-19-16-17-22(21-11-5-4-10-20(19)21)25-18-35-30(32-25)33-29(34)31(2,3)28-23-12-6-8-14-26(23)36-27-15-9-7-13-24(27)28/h4-18,28H,1-3H3,(H,32,33,34). The number of nitrogens with zero attached hydrogens (tertiary/aromatic N) is 1. The topological polar surface area (TPSA) is 42.0 Å². The first-order valence-electron chi connectivity index (χ1n) is 12.0. The van der Waals surface area contributed by atoms with Crippen molar-refractivity contribution in [2.24, 2.45) is 5.41 Å². The van der Waals surface area contributed by atoms with Crippen LogP contribution in [0.5, 0.6) is 0 Å². The number of carbonyl (C=O) groups excluding carboxylic acids is 1. The van der Waals surface area contributed by atoms with E-state index >= 15 is 0 Å². The molecule has 4 aromatic carbocycles. The zero-order valence-corrected chi connectivity index (χ0v) is 22.0. The van der Waals surface area contributed by atoms with Gasteiger partial charge in [-0.25, -0.2) is 4.98 Å². The number of thiazole rings is 1. The molecule has 5 heteroatoms. The average molecular weight is 507 g/mol. The quantitative estimate of drug-likeness (QED) is 0.266. The maximum absolute atomic E-state index is 13.8. The van der Waals surface area contributed by atoms with Crippen molar-refractivity contribution in [2.75, 3.05) is 5.32 Å². The molecule has 0 bridgehead atoms. The Labute approximate surface area is 219 Å². The largest absolute Gasteiger partial charge is 0.301 e. The highest BCUT2D eigenvalue weighted by Crippen LogP contribution is 2.52. The number of amides is 1. The van der Waals surface area contributed by atoms with Crippen LogP contribution >= 0.6 is 23.1 Å². The summed E-state index contributed by atoms with van der Waals surface area (Å²) in [5, 5.41) is 8.21. The summed E-state index contributed by atoms with van der Waals surface area (Å²) in [6, 6.07) is 29.5. The van der Waals surface area contributed by atoms with Gasteiger partial charge in [0.05, 0.1) is 11.1 Å². The van der Waals surface area contributed by atoms with Crippen LogP contribution in [0.3, 0.4) is 0 Å². The van der Waals surface area contributed by atoms with Crippen molar-refractivity contribution in [1.29, 1.82) is 0 Å². The summed E-state index contributed by atoms with van der Waals surface area (Å²) in [5.41, 5.74) is 4.93. The van der Waals surface area contributed by atoms with Gasteiger partial charge in [0, 0.05) is 26.7 Å². The lowest BCUT2D eigenvalue weighted by molar-refractivity contribution is -0.124. The summed E-state index contributed by atoms with van der Waals surface area (Å²) in [6.45, 7) is 6.21. The summed E-state index contributed by atoms with van der Waals surface area (Å²) >= 11 is 3.25. The van der Waals surface area contributed by atoms with E-state index in [9.17, 15) is 4.79 Å². The average Bonchev–Trinajstić information content (AvgIpc) is 3.35. The molecule has 6 rings (SSSR count). The molecule has 0 atom stereocenters. The number of aromatic nitrogens is 1. The summed E-state index contributed by atoms with van der Waals surface area (Å²) in [5.74, 6) is -0.0784. The number of carbonyl (C=O) groups is 1. The predicted octanol–water partition coefficient (Wildman–Crippen LogP) is 8.53. The molecule has 1 amide bonds. The van der Waals surface area contributed by atoms with E-state index in [0.717, 1.165) is 11.3 Å². The number of hydrogen-bond acceptors (Lipinski definition) is 4. The maximum atomic E-state index is 13.8. The van der Waals surface area contributed by atoms with Gasteiger partial charge in [-0.05, 0) is 46.5 Å². The third kappa shape index (κ3) is 3.83. The van der Waals surface area contributed by atoms with Crippen LogP contribution in [0.1, 0.15) is 36.5 Å². The zero-order chi connectivity index (χ0) is 24.9. The SMILES string of the molecule is Cc1ccc(-c2csc(NC(=O)C(C)(C)C3c4ccccc4Sc4ccccc43)n2)c2ccccc12. The van der Waals surface area contributed by atoms with E-state index in [1.165, 1.54) is 48.6 Å². The number of fused-ring (bicyclic) bond motifs is 3. The minimum absolute atomic E-state index is 0.0290. The molecule has 0 spiro atoms. The Hall–Kier alpha value is -3.41. The molecule has 0 saturated heterocycles. The van der Waals surface area contributed by atoms with Gasteiger partial charge in [0.15, 0.2) is 5.13 Å². The molecule has 1 aromatic heterocycles. The Morgan fingerprint density at radius 1 is 0.833 bits per heavy atom. The Balaban J connectivity index is 1.33. The van der Waals surface area contributed by atoms with Crippen LogP contribution in [0.25, 0.3) is 22.0 Å². The van der Waals surface area contributed by atoms with Crippen molar-refractivity contribution < 1.29 is 4.79 Å². The van der Waals surface area contributed by atoms with Crippen molar-refractivity contribution in [3.05, 3.63) is 107 Å². The Morgan fingerprint density at radius 3 is 2.14 bits per heavy atom. The highest BCUT2D eigenvalue weighted by Gasteiger charge is 2.42. The fourth-order valence-corrected chi connectivity index (χ4v) is 7.05. The Bertz CT molecular complexity index is 1570. The molecular weight excluding hydrogens is 480 g/mol. The van der Waals surface area contributed by atoms with E-state index in [4.69, 9.17) is 4.98 Å². The number of aryl methyl sites for hydroxylation is 1. The summed E-state index contributed by atoms with van der Waals surface area (Å²) in [7, 11) is 0. The van der Waals surface area contributed by atoms with Crippen molar-refractivity contribution >= 4 is 44.9 Å². The molecule has 1 N–H and O–H groups in total. The highest BCUT2D eigenvalue weighted by molar-refractivity contribution is 7.99. The van der Waals surface area contributed by atoms with Gasteiger partial charge < -0.3 is 5.32 Å². The molecule has 0 saturated carbocycles. The highest BCUT2D eigenvalue weighted by atomic mass is 32.2. The summed E-state index contributed by atoms with van der Waals surface area (Å²) in [4.78, 5) is 21.1. The molecule has 36 heavy (non-hydrogen) atoms. The van der Waals surface area contributed by atoms with E-state index in [0.29, 0.717) is 5.13 Å². The number of anilines is 1. The Morgan fingerprint density at radius 2 is 1.44 bits per heavy atom. The molecule has 5 aromatic rings. The van der Waals surface area contributed by atoms with E-state index in [1.807, 2.05) is 19.2 Å². The normalized spacial score (nSPS) is 13.3. The lowest BCUT2D eigenvalue weighted by Crippen LogP contribution is -2.38. The van der Waals surface area contributed by atoms with Gasteiger partial charge in [-0.2, -0.15) is 0 Å². The summed E-state index contributed by atoms with van der Waals surface area (Å²) < 4.78 is 0. The van der Waals surface area contributed by atoms with E-state index < -0.39 is 5.41 Å². The van der Waals surface area contributed by atoms with Crippen LogP contribution < -0.4 is 5.32 Å². The van der Waals surface area contributed by atoms with Crippen molar-refractivity contribution in [3.8, 4) is 11.3 Å². The van der Waals surface area contributed by atoms with Gasteiger partial charge in [0.2, 0.25) is 5.91 Å². The van der Waals surface area contributed by atoms with Gasteiger partial charge in [-0.1, -0.05) is 98.4 Å². The van der Waals surface area contributed by atoms with E-state index in [1.54, 1.807) is 11.8 Å². The second kappa shape index (κ2) is 8.91. The molecule has 3 nitrogen and oxygen atoms in total. The van der Waals surface area contributed by atoms with Crippen LogP contribution in [-0.2, 0) is 4.79 Å². The molecule has 0 aliphatic carbocycles. The third-order valence-electron chi connectivity index (χ3n) is 7.13. The minimum atomic E-state index is -0.685. The van der Waals surface area contributed by atoms with Crippen LogP contribution in [0, 0.1) is 12.3 Å². The monoisotopic (exact) mass is 506 g/mol. The molecule has 178 valence electrons. The molecule has 1 aliphatic rings. The van der Waals surface area contributed by atoms with Crippen LogP contribution in [0.4, 0.5) is 5.13 Å². The van der Waals surface area contributed by atoms with Gasteiger partial charge in [-0.15, -0.1) is 11.3 Å². The second-order valence-corrected chi connectivity index (χ2v) is 11.7. The van der Waals surface area contributed by atoms with Crippen molar-refractivity contribution in [2.45, 2.75) is 36.5 Å². The fourth-order valence-electron chi connectivity index (χ4n) is 5.20. The number of nitrogens with one attached hydrogen (secondary N) is 1. The summed E-state index contributed by atoms with van der Waals surface area (Å²) in [6.07, 6.45) is 0. The molecule has 1 aliphatic heterocycles. The van der Waals surface area contributed by atoms with Gasteiger partial charge in [-0.3, -0.25) is 4.79 Å². The lowest BCUT2D eigenvalue weighted by Gasteiger charge is -2.38. The fraction of sp³-hybridized carbons (Fsp3) is 0.161. The number of rotatable bonds is 4. The number of benzene rings is 4. The zero-order valence-electron chi connectivity index (χ0n) is 20.4. The van der Waals surface area contributed by atoms with Crippen LogP contribution in [0.15, 0.2) is 100 Å². The molecular formula is C31H26N2OS2. The van der Waals surface area contributed by atoms with E-state index in [2.05, 4.69) is 97.2 Å². The van der Waals surface area contributed by atoms with Crippen LogP contribution in [0.2, 0.25) is 0 Å². The first kappa shape index (κ1) is 23.0. The van der Waals surface area contributed by atoms with Gasteiger partial charge in [0.25, 0.3) is 0 Å². The Kier molecular flexibility index (Phi) is 5.70.